The van der Waals surface area contributed by atoms with E-state index in [9.17, 15) is 9.90 Å². The Hall–Kier alpha value is -0.610. The van der Waals surface area contributed by atoms with Crippen LogP contribution in [0.15, 0.2) is 0 Å². The predicted molar refractivity (Wildman–Crippen MR) is 67.1 cm³/mol. The molecule has 1 unspecified atom stereocenters. The lowest BCUT2D eigenvalue weighted by Gasteiger charge is -2.39. The van der Waals surface area contributed by atoms with E-state index in [2.05, 4.69) is 23.6 Å². The molecule has 1 N–H and O–H groups in total. The van der Waals surface area contributed by atoms with Crippen LogP contribution in [-0.2, 0) is 4.79 Å². The fraction of sp³-hybridized carbons (Fsp3) is 0.923. The molecule has 0 radical (unpaired) electrons. The number of rotatable bonds is 3. The number of likely N-dealkylation sites (tertiary alicyclic amines) is 2. The second-order valence-corrected chi connectivity index (χ2v) is 5.59. The minimum Gasteiger partial charge on any atom is -0.480 e. The SMILES string of the molecule is CC(C)N1CCC(N2CCCC2C(=O)O)CC1. The van der Waals surface area contributed by atoms with Gasteiger partial charge in [0.05, 0.1) is 0 Å². The quantitative estimate of drug-likeness (QED) is 0.810. The van der Waals surface area contributed by atoms with Crippen LogP contribution in [0.5, 0.6) is 0 Å². The van der Waals surface area contributed by atoms with Crippen LogP contribution >= 0.6 is 0 Å². The first-order chi connectivity index (χ1) is 8.09. The predicted octanol–water partition coefficient (Wildman–Crippen LogP) is 1.41. The molecule has 0 amide bonds. The summed E-state index contributed by atoms with van der Waals surface area (Å²) in [5, 5.41) is 9.20. The zero-order valence-electron chi connectivity index (χ0n) is 10.9. The zero-order chi connectivity index (χ0) is 12.4. The van der Waals surface area contributed by atoms with Crippen molar-refractivity contribution < 1.29 is 9.90 Å². The Morgan fingerprint density at radius 2 is 1.82 bits per heavy atom. The topological polar surface area (TPSA) is 43.8 Å². The monoisotopic (exact) mass is 240 g/mol. The van der Waals surface area contributed by atoms with Crippen molar-refractivity contribution in [3.05, 3.63) is 0 Å². The Morgan fingerprint density at radius 3 is 2.35 bits per heavy atom. The van der Waals surface area contributed by atoms with E-state index < -0.39 is 5.97 Å². The molecule has 4 heteroatoms. The second kappa shape index (κ2) is 5.36. The van der Waals surface area contributed by atoms with Gasteiger partial charge in [0, 0.05) is 12.1 Å². The summed E-state index contributed by atoms with van der Waals surface area (Å²) in [7, 11) is 0. The molecule has 2 aliphatic rings. The lowest BCUT2D eigenvalue weighted by Crippen LogP contribution is -2.50. The third-order valence-electron chi connectivity index (χ3n) is 4.28. The van der Waals surface area contributed by atoms with Crippen molar-refractivity contribution in [2.45, 2.75) is 57.7 Å². The summed E-state index contributed by atoms with van der Waals surface area (Å²) >= 11 is 0. The van der Waals surface area contributed by atoms with E-state index in [1.807, 2.05) is 0 Å². The molecule has 0 aromatic rings. The number of carboxylic acid groups (broad SMARTS) is 1. The van der Waals surface area contributed by atoms with E-state index in [1.54, 1.807) is 0 Å². The minimum absolute atomic E-state index is 0.217. The van der Waals surface area contributed by atoms with Crippen LogP contribution in [0.25, 0.3) is 0 Å². The summed E-state index contributed by atoms with van der Waals surface area (Å²) in [6, 6.07) is 0.893. The van der Waals surface area contributed by atoms with Crippen molar-refractivity contribution >= 4 is 5.97 Å². The molecule has 0 aromatic heterocycles. The summed E-state index contributed by atoms with van der Waals surface area (Å²) in [4.78, 5) is 15.9. The highest BCUT2D eigenvalue weighted by Gasteiger charge is 2.36. The smallest absolute Gasteiger partial charge is 0.320 e. The summed E-state index contributed by atoms with van der Waals surface area (Å²) in [5.74, 6) is -0.631. The summed E-state index contributed by atoms with van der Waals surface area (Å²) in [6.07, 6.45) is 4.13. The molecular weight excluding hydrogens is 216 g/mol. The normalized spacial score (nSPS) is 29.0. The zero-order valence-corrected chi connectivity index (χ0v) is 10.9. The molecular formula is C13H24N2O2. The van der Waals surface area contributed by atoms with E-state index in [1.165, 1.54) is 0 Å². The van der Waals surface area contributed by atoms with Crippen LogP contribution in [0.3, 0.4) is 0 Å². The largest absolute Gasteiger partial charge is 0.480 e. The van der Waals surface area contributed by atoms with Gasteiger partial charge in [-0.1, -0.05) is 0 Å². The van der Waals surface area contributed by atoms with Crippen LogP contribution in [0.2, 0.25) is 0 Å². The fourth-order valence-electron chi connectivity index (χ4n) is 3.23. The first kappa shape index (κ1) is 12.8. The van der Waals surface area contributed by atoms with Crippen molar-refractivity contribution in [2.75, 3.05) is 19.6 Å². The molecule has 2 rings (SSSR count). The van der Waals surface area contributed by atoms with Crippen LogP contribution in [0, 0.1) is 0 Å². The molecule has 2 saturated heterocycles. The number of aliphatic carboxylic acids is 1. The Labute approximate surface area is 104 Å². The maximum absolute atomic E-state index is 11.2. The number of piperidine rings is 1. The maximum atomic E-state index is 11.2. The molecule has 0 aromatic carbocycles. The lowest BCUT2D eigenvalue weighted by atomic mass is 10.0. The van der Waals surface area contributed by atoms with E-state index in [0.29, 0.717) is 12.1 Å². The first-order valence-corrected chi connectivity index (χ1v) is 6.82. The van der Waals surface area contributed by atoms with E-state index in [-0.39, 0.29) is 6.04 Å². The Kier molecular flexibility index (Phi) is 4.05. The van der Waals surface area contributed by atoms with Gasteiger partial charge in [0.1, 0.15) is 6.04 Å². The third kappa shape index (κ3) is 2.80. The molecule has 0 bridgehead atoms. The van der Waals surface area contributed by atoms with Gasteiger partial charge in [0.25, 0.3) is 0 Å². The standard InChI is InChI=1S/C13H24N2O2/c1-10(2)14-8-5-11(6-9-14)15-7-3-4-12(15)13(16)17/h10-12H,3-9H2,1-2H3,(H,16,17). The summed E-state index contributed by atoms with van der Waals surface area (Å²) in [5.41, 5.74) is 0. The van der Waals surface area contributed by atoms with Gasteiger partial charge >= 0.3 is 5.97 Å². The van der Waals surface area contributed by atoms with Crippen molar-refractivity contribution in [3.8, 4) is 0 Å². The van der Waals surface area contributed by atoms with Crippen molar-refractivity contribution in [1.82, 2.24) is 9.80 Å². The third-order valence-corrected chi connectivity index (χ3v) is 4.28. The van der Waals surface area contributed by atoms with Crippen molar-refractivity contribution in [3.63, 3.8) is 0 Å². The average Bonchev–Trinajstić information content (AvgIpc) is 2.78. The molecule has 0 spiro atoms. The van der Waals surface area contributed by atoms with Gasteiger partial charge in [0.2, 0.25) is 0 Å². The van der Waals surface area contributed by atoms with Crippen molar-refractivity contribution in [1.29, 1.82) is 0 Å². The molecule has 2 fully saturated rings. The number of hydrogen-bond acceptors (Lipinski definition) is 3. The Morgan fingerprint density at radius 1 is 1.18 bits per heavy atom. The van der Waals surface area contributed by atoms with Gasteiger partial charge in [-0.3, -0.25) is 9.69 Å². The van der Waals surface area contributed by atoms with Gasteiger partial charge in [-0.15, -0.1) is 0 Å². The number of carbonyl (C=O) groups is 1. The molecule has 2 heterocycles. The number of nitrogens with zero attached hydrogens (tertiary/aromatic N) is 2. The Balaban J connectivity index is 1.90. The van der Waals surface area contributed by atoms with E-state index in [4.69, 9.17) is 0 Å². The Bertz CT molecular complexity index is 273. The molecule has 1 atom stereocenters. The molecule has 2 aliphatic heterocycles. The lowest BCUT2D eigenvalue weighted by molar-refractivity contribution is -0.143. The first-order valence-electron chi connectivity index (χ1n) is 6.82. The maximum Gasteiger partial charge on any atom is 0.320 e. The highest BCUT2D eigenvalue weighted by molar-refractivity contribution is 5.73. The average molecular weight is 240 g/mol. The van der Waals surface area contributed by atoms with Gasteiger partial charge in [0.15, 0.2) is 0 Å². The van der Waals surface area contributed by atoms with Crippen LogP contribution in [-0.4, -0.2) is 58.6 Å². The van der Waals surface area contributed by atoms with Gasteiger partial charge in [-0.2, -0.15) is 0 Å². The summed E-state index contributed by atoms with van der Waals surface area (Å²) in [6.45, 7) is 7.67. The van der Waals surface area contributed by atoms with Gasteiger partial charge < -0.3 is 10.0 Å². The van der Waals surface area contributed by atoms with Crippen LogP contribution in [0.1, 0.15) is 39.5 Å². The highest BCUT2D eigenvalue weighted by atomic mass is 16.4. The summed E-state index contributed by atoms with van der Waals surface area (Å²) < 4.78 is 0. The molecule has 17 heavy (non-hydrogen) atoms. The minimum atomic E-state index is -0.631. The fourth-order valence-corrected chi connectivity index (χ4v) is 3.23. The van der Waals surface area contributed by atoms with Crippen LogP contribution < -0.4 is 0 Å². The van der Waals surface area contributed by atoms with Gasteiger partial charge in [-0.05, 0) is 59.2 Å². The molecule has 98 valence electrons. The number of carboxylic acids is 1. The molecule has 0 saturated carbocycles. The van der Waals surface area contributed by atoms with Gasteiger partial charge in [-0.25, -0.2) is 0 Å². The van der Waals surface area contributed by atoms with E-state index in [0.717, 1.165) is 45.3 Å². The van der Waals surface area contributed by atoms with Crippen molar-refractivity contribution in [2.24, 2.45) is 0 Å². The molecule has 4 nitrogen and oxygen atoms in total. The highest BCUT2D eigenvalue weighted by Crippen LogP contribution is 2.26. The second-order valence-electron chi connectivity index (χ2n) is 5.59. The van der Waals surface area contributed by atoms with Crippen LogP contribution in [0.4, 0.5) is 0 Å². The molecule has 0 aliphatic carbocycles. The number of hydrogen-bond donors (Lipinski definition) is 1. The van der Waals surface area contributed by atoms with E-state index >= 15 is 0 Å².